The molecule has 0 atom stereocenters. The number of benzene rings is 3. The number of fused-ring (bicyclic) bond motifs is 1. The molecule has 0 saturated heterocycles. The normalized spacial score (nSPS) is 11.8. The third kappa shape index (κ3) is 4.98. The van der Waals surface area contributed by atoms with Gasteiger partial charge in [-0.2, -0.15) is 0 Å². The molecule has 0 bridgehead atoms. The number of anilines is 1. The van der Waals surface area contributed by atoms with Gasteiger partial charge in [-0.05, 0) is 75.1 Å². The zero-order chi connectivity index (χ0) is 26.1. The number of hydrogen-bond donors (Lipinski definition) is 1. The van der Waals surface area contributed by atoms with Gasteiger partial charge in [-0.25, -0.2) is 9.98 Å². The van der Waals surface area contributed by atoms with Gasteiger partial charge in [0.15, 0.2) is 5.13 Å². The minimum Gasteiger partial charge on any atom is -0.438 e. The quantitative estimate of drug-likeness (QED) is 0.263. The van der Waals surface area contributed by atoms with Gasteiger partial charge < -0.3 is 4.42 Å². The Morgan fingerprint density at radius 2 is 1.78 bits per heavy atom. The number of nitrogens with zero attached hydrogens (tertiary/aromatic N) is 2. The van der Waals surface area contributed by atoms with Gasteiger partial charge in [-0.3, -0.25) is 10.1 Å². The zero-order valence-electron chi connectivity index (χ0n) is 21.7. The molecule has 0 saturated carbocycles. The molecule has 2 aromatic heterocycles. The average molecular weight is 508 g/mol. The first-order valence-corrected chi connectivity index (χ1v) is 13.2. The second-order valence-electron chi connectivity index (χ2n) is 9.25. The summed E-state index contributed by atoms with van der Waals surface area (Å²) in [5.74, 6) is -0.303. The molecule has 3 aromatic carbocycles. The monoisotopic (exact) mass is 507 g/mol. The van der Waals surface area contributed by atoms with Crippen LogP contribution in [-0.4, -0.2) is 10.9 Å². The van der Waals surface area contributed by atoms with Crippen molar-refractivity contribution in [2.75, 3.05) is 5.32 Å². The first-order valence-electron chi connectivity index (χ1n) is 12.4. The van der Waals surface area contributed by atoms with Crippen molar-refractivity contribution in [2.45, 2.75) is 41.0 Å². The molecule has 5 rings (SSSR count). The molecule has 0 aliphatic rings. The molecule has 6 heteroatoms. The predicted molar refractivity (Wildman–Crippen MR) is 152 cm³/mol. The number of thiazole rings is 1. The van der Waals surface area contributed by atoms with Crippen LogP contribution in [0.5, 0.6) is 0 Å². The first kappa shape index (κ1) is 24.7. The van der Waals surface area contributed by atoms with Crippen molar-refractivity contribution in [3.8, 4) is 11.3 Å². The Morgan fingerprint density at radius 3 is 2.59 bits per heavy atom. The summed E-state index contributed by atoms with van der Waals surface area (Å²) in [4.78, 5) is 24.4. The van der Waals surface area contributed by atoms with Crippen LogP contribution in [0.25, 0.3) is 22.2 Å². The summed E-state index contributed by atoms with van der Waals surface area (Å²) in [7, 11) is 0. The van der Waals surface area contributed by atoms with Crippen LogP contribution < -0.4 is 10.9 Å². The lowest BCUT2D eigenvalue weighted by atomic mass is 10.0. The summed E-state index contributed by atoms with van der Waals surface area (Å²) in [5.41, 5.74) is 8.60. The average Bonchev–Trinajstić information content (AvgIpc) is 3.30. The van der Waals surface area contributed by atoms with Crippen LogP contribution in [0.2, 0.25) is 0 Å². The lowest BCUT2D eigenvalue weighted by Gasteiger charge is -2.07. The van der Waals surface area contributed by atoms with E-state index in [1.807, 2.05) is 62.4 Å². The van der Waals surface area contributed by atoms with Crippen LogP contribution in [0.15, 0.2) is 76.1 Å². The number of aryl methyl sites for hydroxylation is 4. The van der Waals surface area contributed by atoms with E-state index in [1.165, 1.54) is 16.9 Å². The Hall–Kier alpha value is -4.03. The number of para-hydroxylation sites is 1. The molecule has 2 heterocycles. The molecule has 37 heavy (non-hydrogen) atoms. The number of rotatable bonds is 5. The molecule has 5 aromatic rings. The van der Waals surface area contributed by atoms with Gasteiger partial charge in [-0.1, -0.05) is 55.0 Å². The highest BCUT2D eigenvalue weighted by atomic mass is 32.1. The van der Waals surface area contributed by atoms with E-state index in [9.17, 15) is 4.79 Å². The fourth-order valence-electron chi connectivity index (χ4n) is 4.29. The largest absolute Gasteiger partial charge is 0.438 e. The fourth-order valence-corrected chi connectivity index (χ4v) is 5.20. The van der Waals surface area contributed by atoms with Crippen molar-refractivity contribution in [1.82, 2.24) is 4.98 Å². The number of carbonyl (C=O) groups is 1. The molecule has 1 amide bonds. The maximum Gasteiger partial charge on any atom is 0.262 e. The summed E-state index contributed by atoms with van der Waals surface area (Å²) in [6.45, 7) is 10.3. The highest BCUT2D eigenvalue weighted by Gasteiger charge is 2.19. The smallest absolute Gasteiger partial charge is 0.262 e. The van der Waals surface area contributed by atoms with E-state index in [1.54, 1.807) is 0 Å². The summed E-state index contributed by atoms with van der Waals surface area (Å²) in [6.07, 6.45) is 0.828. The maximum absolute atomic E-state index is 13.6. The Balaban J connectivity index is 1.59. The van der Waals surface area contributed by atoms with Crippen LogP contribution >= 0.6 is 11.3 Å². The number of nitrogens with one attached hydrogen (secondary N) is 1. The Kier molecular flexibility index (Phi) is 6.76. The number of aromatic nitrogens is 1. The first-order chi connectivity index (χ1) is 17.8. The van der Waals surface area contributed by atoms with Crippen molar-refractivity contribution in [3.63, 3.8) is 0 Å². The Bertz CT molecular complexity index is 1710. The predicted octanol–water partition coefficient (Wildman–Crippen LogP) is 7.84. The molecule has 0 spiro atoms. The SMILES string of the molecule is CCc1sc(NC(=O)c2cc3ccccc3oc2=Nc2cccc(C)c2C)nc1-c1cc(C)ccc1C. The molecule has 0 fully saturated rings. The third-order valence-electron chi connectivity index (χ3n) is 6.59. The van der Waals surface area contributed by atoms with Crippen LogP contribution in [0.4, 0.5) is 10.8 Å². The van der Waals surface area contributed by atoms with Crippen molar-refractivity contribution >= 4 is 39.0 Å². The molecule has 0 aliphatic heterocycles. The molecule has 5 nitrogen and oxygen atoms in total. The van der Waals surface area contributed by atoms with Crippen LogP contribution in [-0.2, 0) is 6.42 Å². The fraction of sp³-hybridized carbons (Fsp3) is 0.194. The summed E-state index contributed by atoms with van der Waals surface area (Å²) in [5, 5.41) is 4.41. The Labute approximate surface area is 220 Å². The van der Waals surface area contributed by atoms with E-state index >= 15 is 0 Å². The third-order valence-corrected chi connectivity index (χ3v) is 7.70. The van der Waals surface area contributed by atoms with Crippen LogP contribution in [0, 0.1) is 27.7 Å². The van der Waals surface area contributed by atoms with E-state index in [-0.39, 0.29) is 11.5 Å². The molecule has 186 valence electrons. The van der Waals surface area contributed by atoms with Gasteiger partial charge in [0, 0.05) is 15.8 Å². The van der Waals surface area contributed by atoms with Crippen molar-refractivity contribution in [3.05, 3.63) is 105 Å². The van der Waals surface area contributed by atoms with Gasteiger partial charge in [0.25, 0.3) is 5.91 Å². The molecule has 0 radical (unpaired) electrons. The van der Waals surface area contributed by atoms with Gasteiger partial charge >= 0.3 is 0 Å². The highest BCUT2D eigenvalue weighted by Crippen LogP contribution is 2.34. The number of hydrogen-bond acceptors (Lipinski definition) is 5. The highest BCUT2D eigenvalue weighted by molar-refractivity contribution is 7.16. The Morgan fingerprint density at radius 1 is 0.973 bits per heavy atom. The lowest BCUT2D eigenvalue weighted by Crippen LogP contribution is -2.21. The number of amides is 1. The molecule has 0 aliphatic carbocycles. The van der Waals surface area contributed by atoms with Crippen molar-refractivity contribution in [1.29, 1.82) is 0 Å². The second-order valence-corrected chi connectivity index (χ2v) is 10.3. The molecular weight excluding hydrogens is 478 g/mol. The van der Waals surface area contributed by atoms with Crippen LogP contribution in [0.3, 0.4) is 0 Å². The lowest BCUT2D eigenvalue weighted by molar-refractivity contribution is 0.102. The molecule has 0 unspecified atom stereocenters. The van der Waals surface area contributed by atoms with Gasteiger partial charge in [-0.15, -0.1) is 11.3 Å². The minimum atomic E-state index is -0.303. The van der Waals surface area contributed by atoms with Gasteiger partial charge in [0.1, 0.15) is 11.1 Å². The summed E-state index contributed by atoms with van der Waals surface area (Å²) in [6, 6.07) is 21.8. The van der Waals surface area contributed by atoms with E-state index < -0.39 is 0 Å². The minimum absolute atomic E-state index is 0.270. The maximum atomic E-state index is 13.6. The number of carbonyl (C=O) groups excluding carboxylic acids is 1. The van der Waals surface area contributed by atoms with Gasteiger partial charge in [0.05, 0.1) is 11.4 Å². The van der Waals surface area contributed by atoms with E-state index in [4.69, 9.17) is 14.4 Å². The van der Waals surface area contributed by atoms with Gasteiger partial charge in [0.2, 0.25) is 5.55 Å². The molecular formula is C31H29N3O2S. The van der Waals surface area contributed by atoms with E-state index in [2.05, 4.69) is 44.3 Å². The summed E-state index contributed by atoms with van der Waals surface area (Å²) >= 11 is 1.51. The molecule has 1 N–H and O–H groups in total. The van der Waals surface area contributed by atoms with Crippen molar-refractivity contribution < 1.29 is 9.21 Å². The zero-order valence-corrected chi connectivity index (χ0v) is 22.5. The second kappa shape index (κ2) is 10.1. The van der Waals surface area contributed by atoms with E-state index in [0.717, 1.165) is 50.3 Å². The van der Waals surface area contributed by atoms with Crippen molar-refractivity contribution in [2.24, 2.45) is 4.99 Å². The standard InChI is InChI=1S/C31H29N3O2S/c1-6-27-28(23-16-18(2)14-15-20(23)4)33-31(37-27)34-29(35)24-17-22-11-7-8-13-26(22)36-30(24)32-25-12-9-10-19(3)21(25)5/h7-17H,6H2,1-5H3,(H,33,34,35). The summed E-state index contributed by atoms with van der Waals surface area (Å²) < 4.78 is 6.15. The topological polar surface area (TPSA) is 67.5 Å². The van der Waals surface area contributed by atoms with E-state index in [0.29, 0.717) is 16.3 Å². The van der Waals surface area contributed by atoms with Crippen LogP contribution in [0.1, 0.15) is 44.4 Å².